The molecule has 0 radical (unpaired) electrons. The third-order valence-electron chi connectivity index (χ3n) is 3.99. The van der Waals surface area contributed by atoms with Gasteiger partial charge in [-0.3, -0.25) is 4.79 Å². The standard InChI is InChI=1S/C18H28N2O5S/c1-15(2)25-11-3-8-19-18(21)17-6-4-16(5-7-17)14-26(22,23)20-9-12-24-13-10-20/h4-7,15H,3,8-14H2,1-2H3,(H,19,21). The predicted octanol–water partition coefficient (Wildman–Crippen LogP) is 1.39. The molecule has 1 aliphatic heterocycles. The van der Waals surface area contributed by atoms with E-state index < -0.39 is 10.0 Å². The van der Waals surface area contributed by atoms with Crippen LogP contribution in [0.15, 0.2) is 24.3 Å². The summed E-state index contributed by atoms with van der Waals surface area (Å²) < 4.78 is 36.9. The molecule has 0 atom stereocenters. The van der Waals surface area contributed by atoms with Gasteiger partial charge in [-0.05, 0) is 38.0 Å². The molecule has 0 spiro atoms. The molecule has 1 aliphatic rings. The molecular weight excluding hydrogens is 356 g/mol. The molecular formula is C18H28N2O5S. The van der Waals surface area contributed by atoms with Crippen LogP contribution in [0.5, 0.6) is 0 Å². The van der Waals surface area contributed by atoms with Crippen molar-refractivity contribution in [2.45, 2.75) is 32.1 Å². The molecule has 26 heavy (non-hydrogen) atoms. The van der Waals surface area contributed by atoms with Crippen molar-refractivity contribution in [3.05, 3.63) is 35.4 Å². The second kappa shape index (κ2) is 10.0. The smallest absolute Gasteiger partial charge is 0.251 e. The van der Waals surface area contributed by atoms with Gasteiger partial charge in [-0.25, -0.2) is 8.42 Å². The van der Waals surface area contributed by atoms with Crippen molar-refractivity contribution < 1.29 is 22.7 Å². The Labute approximate surface area is 155 Å². The van der Waals surface area contributed by atoms with Crippen LogP contribution >= 0.6 is 0 Å². The van der Waals surface area contributed by atoms with Crippen molar-refractivity contribution in [2.24, 2.45) is 0 Å². The van der Waals surface area contributed by atoms with Gasteiger partial charge in [0.1, 0.15) is 0 Å². The van der Waals surface area contributed by atoms with Gasteiger partial charge in [0.15, 0.2) is 0 Å². The highest BCUT2D eigenvalue weighted by molar-refractivity contribution is 7.88. The molecule has 1 aromatic rings. The molecule has 1 aromatic carbocycles. The van der Waals surface area contributed by atoms with Gasteiger partial charge in [0, 0.05) is 31.8 Å². The molecule has 0 bridgehead atoms. The first-order valence-electron chi connectivity index (χ1n) is 8.93. The Balaban J connectivity index is 1.82. The summed E-state index contributed by atoms with van der Waals surface area (Å²) in [6.45, 7) is 6.74. The third kappa shape index (κ3) is 6.68. The van der Waals surface area contributed by atoms with E-state index in [0.717, 1.165) is 6.42 Å². The van der Waals surface area contributed by atoms with Gasteiger partial charge in [-0.2, -0.15) is 4.31 Å². The summed E-state index contributed by atoms with van der Waals surface area (Å²) >= 11 is 0. The lowest BCUT2D eigenvalue weighted by molar-refractivity contribution is 0.0729. The second-order valence-electron chi connectivity index (χ2n) is 6.49. The van der Waals surface area contributed by atoms with Crippen LogP contribution in [0.2, 0.25) is 0 Å². The first-order valence-corrected chi connectivity index (χ1v) is 10.5. The van der Waals surface area contributed by atoms with Crippen LogP contribution in [0.3, 0.4) is 0 Å². The van der Waals surface area contributed by atoms with Crippen molar-refractivity contribution in [1.82, 2.24) is 9.62 Å². The van der Waals surface area contributed by atoms with Gasteiger partial charge in [-0.1, -0.05) is 12.1 Å². The van der Waals surface area contributed by atoms with Crippen LogP contribution in [-0.2, 0) is 25.2 Å². The normalized spacial score (nSPS) is 16.0. The number of benzene rings is 1. The average molecular weight is 384 g/mol. The highest BCUT2D eigenvalue weighted by Crippen LogP contribution is 2.13. The number of nitrogens with one attached hydrogen (secondary N) is 1. The van der Waals surface area contributed by atoms with E-state index in [1.165, 1.54) is 4.31 Å². The lowest BCUT2D eigenvalue weighted by Crippen LogP contribution is -2.41. The Morgan fingerprint density at radius 1 is 1.23 bits per heavy atom. The molecule has 1 amide bonds. The number of rotatable bonds is 9. The van der Waals surface area contributed by atoms with Gasteiger partial charge in [0.05, 0.1) is 25.1 Å². The molecule has 2 rings (SSSR count). The molecule has 1 N–H and O–H groups in total. The van der Waals surface area contributed by atoms with E-state index in [4.69, 9.17) is 9.47 Å². The Morgan fingerprint density at radius 2 is 1.88 bits per heavy atom. The van der Waals surface area contributed by atoms with E-state index in [2.05, 4.69) is 5.32 Å². The molecule has 0 aromatic heterocycles. The minimum absolute atomic E-state index is 0.0680. The first-order chi connectivity index (χ1) is 12.4. The first kappa shape index (κ1) is 20.8. The van der Waals surface area contributed by atoms with Crippen molar-refractivity contribution in [2.75, 3.05) is 39.5 Å². The molecule has 0 aliphatic carbocycles. The van der Waals surface area contributed by atoms with Crippen LogP contribution in [-0.4, -0.2) is 64.2 Å². The van der Waals surface area contributed by atoms with Crippen LogP contribution in [0.1, 0.15) is 36.2 Å². The van der Waals surface area contributed by atoms with E-state index in [-0.39, 0.29) is 17.8 Å². The minimum atomic E-state index is -3.36. The zero-order valence-electron chi connectivity index (χ0n) is 15.4. The number of hydrogen-bond donors (Lipinski definition) is 1. The minimum Gasteiger partial charge on any atom is -0.379 e. The monoisotopic (exact) mass is 384 g/mol. The number of nitrogens with zero attached hydrogens (tertiary/aromatic N) is 1. The number of ether oxygens (including phenoxy) is 2. The van der Waals surface area contributed by atoms with E-state index >= 15 is 0 Å². The SMILES string of the molecule is CC(C)OCCCNC(=O)c1ccc(CS(=O)(=O)N2CCOCC2)cc1. The fourth-order valence-corrected chi connectivity index (χ4v) is 4.08. The Kier molecular flexibility index (Phi) is 8.02. The average Bonchev–Trinajstić information content (AvgIpc) is 2.62. The highest BCUT2D eigenvalue weighted by atomic mass is 32.2. The Bertz CT molecular complexity index is 667. The zero-order valence-corrected chi connectivity index (χ0v) is 16.3. The lowest BCUT2D eigenvalue weighted by atomic mass is 10.1. The molecule has 1 fully saturated rings. The van der Waals surface area contributed by atoms with Crippen molar-refractivity contribution in [1.29, 1.82) is 0 Å². The fourth-order valence-electron chi connectivity index (χ4n) is 2.57. The van der Waals surface area contributed by atoms with Crippen LogP contribution in [0, 0.1) is 0 Å². The number of carbonyl (C=O) groups excluding carboxylic acids is 1. The zero-order chi connectivity index (χ0) is 19.0. The van der Waals surface area contributed by atoms with Gasteiger partial charge < -0.3 is 14.8 Å². The number of carbonyl (C=O) groups is 1. The van der Waals surface area contributed by atoms with Gasteiger partial charge in [0.25, 0.3) is 5.91 Å². The molecule has 1 heterocycles. The summed E-state index contributed by atoms with van der Waals surface area (Å²) in [7, 11) is -3.36. The molecule has 0 saturated carbocycles. The lowest BCUT2D eigenvalue weighted by Gasteiger charge is -2.26. The number of morpholine rings is 1. The maximum atomic E-state index is 12.4. The quantitative estimate of drug-likeness (QED) is 0.651. The summed E-state index contributed by atoms with van der Waals surface area (Å²) in [4.78, 5) is 12.1. The summed E-state index contributed by atoms with van der Waals surface area (Å²) in [5, 5.41) is 2.83. The van der Waals surface area contributed by atoms with E-state index in [1.807, 2.05) is 13.8 Å². The van der Waals surface area contributed by atoms with E-state index in [1.54, 1.807) is 24.3 Å². The maximum absolute atomic E-state index is 12.4. The summed E-state index contributed by atoms with van der Waals surface area (Å²) in [5.74, 6) is -0.237. The Hall–Kier alpha value is -1.48. The summed E-state index contributed by atoms with van der Waals surface area (Å²) in [5.41, 5.74) is 1.18. The summed E-state index contributed by atoms with van der Waals surface area (Å²) in [6, 6.07) is 6.69. The number of amides is 1. The molecule has 7 nitrogen and oxygen atoms in total. The van der Waals surface area contributed by atoms with Gasteiger partial charge in [-0.15, -0.1) is 0 Å². The number of sulfonamides is 1. The topological polar surface area (TPSA) is 84.9 Å². The van der Waals surface area contributed by atoms with Crippen molar-refractivity contribution >= 4 is 15.9 Å². The predicted molar refractivity (Wildman–Crippen MR) is 99.5 cm³/mol. The molecule has 1 saturated heterocycles. The number of hydrogen-bond acceptors (Lipinski definition) is 5. The van der Waals surface area contributed by atoms with Gasteiger partial charge >= 0.3 is 0 Å². The largest absolute Gasteiger partial charge is 0.379 e. The summed E-state index contributed by atoms with van der Waals surface area (Å²) in [6.07, 6.45) is 0.937. The van der Waals surface area contributed by atoms with E-state index in [0.29, 0.717) is 50.6 Å². The highest BCUT2D eigenvalue weighted by Gasteiger charge is 2.24. The Morgan fingerprint density at radius 3 is 2.50 bits per heavy atom. The van der Waals surface area contributed by atoms with Crippen LogP contribution in [0.25, 0.3) is 0 Å². The second-order valence-corrected chi connectivity index (χ2v) is 8.46. The third-order valence-corrected chi connectivity index (χ3v) is 5.84. The molecule has 0 unspecified atom stereocenters. The van der Waals surface area contributed by atoms with E-state index in [9.17, 15) is 13.2 Å². The van der Waals surface area contributed by atoms with Crippen molar-refractivity contribution in [3.8, 4) is 0 Å². The molecule has 146 valence electrons. The van der Waals surface area contributed by atoms with Gasteiger partial charge in [0.2, 0.25) is 10.0 Å². The van der Waals surface area contributed by atoms with Crippen LogP contribution in [0.4, 0.5) is 0 Å². The van der Waals surface area contributed by atoms with Crippen LogP contribution < -0.4 is 5.32 Å². The maximum Gasteiger partial charge on any atom is 0.251 e. The fraction of sp³-hybridized carbons (Fsp3) is 0.611. The van der Waals surface area contributed by atoms with Crippen molar-refractivity contribution in [3.63, 3.8) is 0 Å². The molecule has 8 heteroatoms.